The number of benzene rings is 1. The van der Waals surface area contributed by atoms with Gasteiger partial charge >= 0.3 is 0 Å². The molecule has 18 heavy (non-hydrogen) atoms. The number of hydrogen-bond acceptors (Lipinski definition) is 4. The first-order valence-electron chi connectivity index (χ1n) is 6.04. The van der Waals surface area contributed by atoms with Crippen LogP contribution < -0.4 is 0 Å². The van der Waals surface area contributed by atoms with Crippen molar-refractivity contribution >= 4 is 0 Å². The third kappa shape index (κ3) is 5.14. The highest BCUT2D eigenvalue weighted by molar-refractivity contribution is 5.11. The second-order valence-electron chi connectivity index (χ2n) is 4.26. The highest BCUT2D eigenvalue weighted by atomic mass is 16.7. The number of aliphatic hydroxyl groups excluding tert-OH is 1. The van der Waals surface area contributed by atoms with E-state index < -0.39 is 0 Å². The lowest BCUT2D eigenvalue weighted by molar-refractivity contribution is -0.167. The Morgan fingerprint density at radius 3 is 2.17 bits per heavy atom. The van der Waals surface area contributed by atoms with E-state index in [1.54, 1.807) is 14.2 Å². The molecule has 2 rings (SSSR count). The zero-order valence-electron chi connectivity index (χ0n) is 11.2. The topological polar surface area (TPSA) is 47.9 Å². The summed E-state index contributed by atoms with van der Waals surface area (Å²) >= 11 is 0. The van der Waals surface area contributed by atoms with Crippen molar-refractivity contribution in [2.24, 2.45) is 0 Å². The van der Waals surface area contributed by atoms with Crippen LogP contribution >= 0.6 is 0 Å². The molecule has 0 saturated carbocycles. The van der Waals surface area contributed by atoms with E-state index in [1.807, 2.05) is 18.2 Å². The third-order valence-corrected chi connectivity index (χ3v) is 2.72. The summed E-state index contributed by atoms with van der Waals surface area (Å²) in [5.74, 6) is 0. The Morgan fingerprint density at radius 2 is 1.83 bits per heavy atom. The number of methoxy groups -OCH3 is 2. The summed E-state index contributed by atoms with van der Waals surface area (Å²) in [6.45, 7) is 2.47. The standard InChI is InChI=1S/C7H14O4.C7H8/c1-9-7(10-2)6-3-5(8)4-11-6;1-7-5-3-2-4-6-7/h5-8H,3-4H2,1-2H3;2-6H,1H3. The van der Waals surface area contributed by atoms with Crippen LogP contribution in [0, 0.1) is 6.92 Å². The van der Waals surface area contributed by atoms with Gasteiger partial charge in [-0.2, -0.15) is 0 Å². The molecule has 1 saturated heterocycles. The number of rotatable bonds is 3. The number of aliphatic hydroxyl groups is 1. The van der Waals surface area contributed by atoms with Gasteiger partial charge in [-0.3, -0.25) is 0 Å². The molecule has 4 nitrogen and oxygen atoms in total. The molecule has 1 aromatic rings. The maximum absolute atomic E-state index is 9.10. The second-order valence-corrected chi connectivity index (χ2v) is 4.26. The molecule has 0 bridgehead atoms. The molecule has 1 fully saturated rings. The van der Waals surface area contributed by atoms with Crippen molar-refractivity contribution in [3.05, 3.63) is 35.9 Å². The van der Waals surface area contributed by atoms with Crippen molar-refractivity contribution in [2.75, 3.05) is 20.8 Å². The van der Waals surface area contributed by atoms with Crippen molar-refractivity contribution in [2.45, 2.75) is 31.8 Å². The molecule has 0 aliphatic carbocycles. The van der Waals surface area contributed by atoms with Crippen LogP contribution in [-0.2, 0) is 14.2 Å². The fourth-order valence-corrected chi connectivity index (χ4v) is 1.76. The van der Waals surface area contributed by atoms with Gasteiger partial charge in [-0.1, -0.05) is 35.9 Å². The van der Waals surface area contributed by atoms with Gasteiger partial charge in [0.05, 0.1) is 12.7 Å². The number of ether oxygens (including phenoxy) is 3. The number of aryl methyl sites for hydroxylation is 1. The maximum atomic E-state index is 9.10. The molecule has 0 spiro atoms. The van der Waals surface area contributed by atoms with E-state index in [2.05, 4.69) is 19.1 Å². The largest absolute Gasteiger partial charge is 0.391 e. The van der Waals surface area contributed by atoms with Crippen molar-refractivity contribution in [1.29, 1.82) is 0 Å². The Kier molecular flexibility index (Phi) is 6.90. The zero-order valence-corrected chi connectivity index (χ0v) is 11.2. The van der Waals surface area contributed by atoms with E-state index in [1.165, 1.54) is 5.56 Å². The summed E-state index contributed by atoms with van der Waals surface area (Å²) in [7, 11) is 3.12. The van der Waals surface area contributed by atoms with E-state index >= 15 is 0 Å². The summed E-state index contributed by atoms with van der Waals surface area (Å²) in [6, 6.07) is 10.3. The van der Waals surface area contributed by atoms with Crippen LogP contribution in [0.25, 0.3) is 0 Å². The van der Waals surface area contributed by atoms with Crippen LogP contribution in [-0.4, -0.2) is 44.4 Å². The first-order chi connectivity index (χ1) is 8.67. The average molecular weight is 254 g/mol. The molecular weight excluding hydrogens is 232 g/mol. The summed E-state index contributed by atoms with van der Waals surface area (Å²) in [5.41, 5.74) is 1.32. The molecule has 1 heterocycles. The Hall–Kier alpha value is -0.940. The SMILES string of the molecule is COC(OC)C1CC(O)CO1.Cc1ccccc1. The zero-order chi connectivity index (χ0) is 13.4. The van der Waals surface area contributed by atoms with E-state index in [-0.39, 0.29) is 18.5 Å². The minimum Gasteiger partial charge on any atom is -0.391 e. The highest BCUT2D eigenvalue weighted by Crippen LogP contribution is 2.18. The summed E-state index contributed by atoms with van der Waals surface area (Å²) in [5, 5.41) is 9.10. The van der Waals surface area contributed by atoms with E-state index in [4.69, 9.17) is 19.3 Å². The van der Waals surface area contributed by atoms with Gasteiger partial charge in [0.25, 0.3) is 0 Å². The van der Waals surface area contributed by atoms with Gasteiger partial charge in [-0.25, -0.2) is 0 Å². The van der Waals surface area contributed by atoms with Gasteiger partial charge in [0.15, 0.2) is 6.29 Å². The van der Waals surface area contributed by atoms with Gasteiger partial charge in [-0.15, -0.1) is 0 Å². The van der Waals surface area contributed by atoms with Crippen LogP contribution in [0.3, 0.4) is 0 Å². The van der Waals surface area contributed by atoms with E-state index in [0.717, 1.165) is 0 Å². The molecule has 2 atom stereocenters. The molecule has 0 radical (unpaired) electrons. The van der Waals surface area contributed by atoms with E-state index in [0.29, 0.717) is 13.0 Å². The van der Waals surface area contributed by atoms with Crippen molar-refractivity contribution in [1.82, 2.24) is 0 Å². The van der Waals surface area contributed by atoms with Crippen LogP contribution in [0.2, 0.25) is 0 Å². The Labute approximate surface area is 108 Å². The molecule has 2 unspecified atom stereocenters. The van der Waals surface area contributed by atoms with Gasteiger partial charge in [-0.05, 0) is 6.92 Å². The van der Waals surface area contributed by atoms with E-state index in [9.17, 15) is 0 Å². The maximum Gasteiger partial charge on any atom is 0.183 e. The summed E-state index contributed by atoms with van der Waals surface area (Å²) in [4.78, 5) is 0. The van der Waals surface area contributed by atoms with Gasteiger partial charge in [0.1, 0.15) is 6.10 Å². The second kappa shape index (κ2) is 8.21. The fraction of sp³-hybridized carbons (Fsp3) is 0.571. The lowest BCUT2D eigenvalue weighted by Crippen LogP contribution is -2.29. The smallest absolute Gasteiger partial charge is 0.183 e. The molecular formula is C14H22O4. The summed E-state index contributed by atoms with van der Waals surface area (Å²) in [6.07, 6.45) is -0.258. The minimum absolute atomic E-state index is 0.125. The lowest BCUT2D eigenvalue weighted by atomic mass is 10.2. The molecule has 4 heteroatoms. The monoisotopic (exact) mass is 254 g/mol. The molecule has 1 N–H and O–H groups in total. The molecule has 1 aliphatic rings. The fourth-order valence-electron chi connectivity index (χ4n) is 1.76. The predicted octanol–water partition coefficient (Wildman–Crippen LogP) is 1.75. The van der Waals surface area contributed by atoms with Gasteiger partial charge in [0, 0.05) is 20.6 Å². The molecule has 1 aromatic carbocycles. The van der Waals surface area contributed by atoms with Crippen molar-refractivity contribution < 1.29 is 19.3 Å². The Balaban J connectivity index is 0.000000199. The first-order valence-corrected chi connectivity index (χ1v) is 6.04. The molecule has 1 aliphatic heterocycles. The first kappa shape index (κ1) is 15.1. The molecule has 102 valence electrons. The van der Waals surface area contributed by atoms with Crippen LogP contribution in [0.15, 0.2) is 30.3 Å². The molecule has 0 aromatic heterocycles. The normalized spacial score (nSPS) is 22.7. The minimum atomic E-state index is -0.368. The average Bonchev–Trinajstić information content (AvgIpc) is 2.79. The Bertz CT molecular complexity index is 311. The third-order valence-electron chi connectivity index (χ3n) is 2.72. The van der Waals surface area contributed by atoms with Crippen molar-refractivity contribution in [3.8, 4) is 0 Å². The quantitative estimate of drug-likeness (QED) is 0.835. The predicted molar refractivity (Wildman–Crippen MR) is 69.3 cm³/mol. The van der Waals surface area contributed by atoms with Crippen LogP contribution in [0.1, 0.15) is 12.0 Å². The number of hydrogen-bond donors (Lipinski definition) is 1. The Morgan fingerprint density at radius 1 is 1.22 bits per heavy atom. The van der Waals surface area contributed by atoms with Crippen LogP contribution in [0.4, 0.5) is 0 Å². The van der Waals surface area contributed by atoms with Crippen molar-refractivity contribution in [3.63, 3.8) is 0 Å². The van der Waals surface area contributed by atoms with Gasteiger partial charge in [0.2, 0.25) is 0 Å². The van der Waals surface area contributed by atoms with Gasteiger partial charge < -0.3 is 19.3 Å². The van der Waals surface area contributed by atoms with Crippen LogP contribution in [0.5, 0.6) is 0 Å². The lowest BCUT2D eigenvalue weighted by Gasteiger charge is -2.18. The highest BCUT2D eigenvalue weighted by Gasteiger charge is 2.30. The summed E-state index contributed by atoms with van der Waals surface area (Å²) < 4.78 is 15.2. The molecule has 0 amide bonds.